The largest absolute Gasteiger partial charge is 0.385 e. The first-order valence-electron chi connectivity index (χ1n) is 4.70. The molecule has 0 aliphatic rings. The number of halogens is 3. The Morgan fingerprint density at radius 1 is 1.33 bits per heavy atom. The van der Waals surface area contributed by atoms with E-state index in [9.17, 15) is 8.78 Å². The summed E-state index contributed by atoms with van der Waals surface area (Å²) in [7, 11) is 1.60. The molecule has 84 valence electrons. The standard InChI is InChI=1S/C11H13ClF2O/c1-15-5-4-9(12)6-8-2-3-10(13)11(14)7-8/h2-3,7,9H,4-6H2,1H3. The highest BCUT2D eigenvalue weighted by Gasteiger charge is 2.08. The van der Waals surface area contributed by atoms with Crippen molar-refractivity contribution in [2.45, 2.75) is 18.2 Å². The van der Waals surface area contributed by atoms with Gasteiger partial charge in [-0.15, -0.1) is 11.6 Å². The second kappa shape index (κ2) is 6.03. The minimum atomic E-state index is -0.832. The van der Waals surface area contributed by atoms with Gasteiger partial charge in [0, 0.05) is 19.1 Å². The Hall–Kier alpha value is -0.670. The third-order valence-corrected chi connectivity index (χ3v) is 2.45. The molecule has 0 aliphatic carbocycles. The van der Waals surface area contributed by atoms with Crippen molar-refractivity contribution in [3.8, 4) is 0 Å². The summed E-state index contributed by atoms with van der Waals surface area (Å²) >= 11 is 5.99. The van der Waals surface area contributed by atoms with Crippen LogP contribution in [0.1, 0.15) is 12.0 Å². The van der Waals surface area contributed by atoms with Crippen LogP contribution >= 0.6 is 11.6 Å². The lowest BCUT2D eigenvalue weighted by atomic mass is 10.1. The van der Waals surface area contributed by atoms with Crippen molar-refractivity contribution < 1.29 is 13.5 Å². The van der Waals surface area contributed by atoms with Gasteiger partial charge >= 0.3 is 0 Å². The monoisotopic (exact) mass is 234 g/mol. The van der Waals surface area contributed by atoms with Gasteiger partial charge in [-0.05, 0) is 30.5 Å². The maximum Gasteiger partial charge on any atom is 0.159 e. The predicted octanol–water partition coefficient (Wildman–Crippen LogP) is 3.15. The van der Waals surface area contributed by atoms with E-state index in [0.29, 0.717) is 25.0 Å². The summed E-state index contributed by atoms with van der Waals surface area (Å²) < 4.78 is 30.3. The maximum absolute atomic E-state index is 12.8. The SMILES string of the molecule is COCCC(Cl)Cc1ccc(F)c(F)c1. The number of benzene rings is 1. The zero-order chi connectivity index (χ0) is 11.3. The Bertz CT molecular complexity index is 317. The molecule has 1 nitrogen and oxygen atoms in total. The minimum absolute atomic E-state index is 0.116. The normalized spacial score (nSPS) is 12.8. The molecule has 0 aliphatic heterocycles. The van der Waals surface area contributed by atoms with E-state index in [-0.39, 0.29) is 5.38 Å². The Balaban J connectivity index is 2.53. The quantitative estimate of drug-likeness (QED) is 0.712. The molecule has 1 aromatic rings. The minimum Gasteiger partial charge on any atom is -0.385 e. The van der Waals surface area contributed by atoms with Crippen LogP contribution in [0.5, 0.6) is 0 Å². The summed E-state index contributed by atoms with van der Waals surface area (Å²) in [4.78, 5) is 0. The number of rotatable bonds is 5. The van der Waals surface area contributed by atoms with Crippen molar-refractivity contribution in [3.05, 3.63) is 35.4 Å². The Kier molecular flexibility index (Phi) is 4.99. The van der Waals surface area contributed by atoms with Gasteiger partial charge in [-0.25, -0.2) is 8.78 Å². The van der Waals surface area contributed by atoms with Gasteiger partial charge in [0.25, 0.3) is 0 Å². The lowest BCUT2D eigenvalue weighted by Gasteiger charge is -2.08. The van der Waals surface area contributed by atoms with Crippen LogP contribution in [0.15, 0.2) is 18.2 Å². The molecule has 15 heavy (non-hydrogen) atoms. The van der Waals surface area contributed by atoms with Crippen LogP contribution < -0.4 is 0 Å². The Morgan fingerprint density at radius 3 is 2.67 bits per heavy atom. The van der Waals surface area contributed by atoms with Gasteiger partial charge in [-0.3, -0.25) is 0 Å². The summed E-state index contributed by atoms with van der Waals surface area (Å²) in [6.45, 7) is 0.567. The number of methoxy groups -OCH3 is 1. The smallest absolute Gasteiger partial charge is 0.159 e. The molecule has 1 rings (SSSR count). The molecule has 0 bridgehead atoms. The average molecular weight is 235 g/mol. The van der Waals surface area contributed by atoms with Crippen molar-refractivity contribution in [2.24, 2.45) is 0 Å². The highest BCUT2D eigenvalue weighted by atomic mass is 35.5. The van der Waals surface area contributed by atoms with Crippen LogP contribution in [0.25, 0.3) is 0 Å². The van der Waals surface area contributed by atoms with Crippen molar-refractivity contribution in [1.82, 2.24) is 0 Å². The van der Waals surface area contributed by atoms with E-state index in [1.165, 1.54) is 6.07 Å². The van der Waals surface area contributed by atoms with E-state index >= 15 is 0 Å². The molecule has 0 N–H and O–H groups in total. The van der Waals surface area contributed by atoms with Gasteiger partial charge in [0.1, 0.15) is 0 Å². The lowest BCUT2D eigenvalue weighted by molar-refractivity contribution is 0.194. The highest BCUT2D eigenvalue weighted by Crippen LogP contribution is 2.14. The van der Waals surface area contributed by atoms with Crippen LogP contribution in [0.2, 0.25) is 0 Å². The van der Waals surface area contributed by atoms with Crippen LogP contribution in [0.4, 0.5) is 8.78 Å². The van der Waals surface area contributed by atoms with Crippen molar-refractivity contribution >= 4 is 11.6 Å². The summed E-state index contributed by atoms with van der Waals surface area (Å²) in [5.74, 6) is -1.66. The molecule has 1 aromatic carbocycles. The van der Waals surface area contributed by atoms with Gasteiger partial charge in [0.15, 0.2) is 11.6 Å². The topological polar surface area (TPSA) is 9.23 Å². The lowest BCUT2D eigenvalue weighted by Crippen LogP contribution is -2.07. The first-order chi connectivity index (χ1) is 7.13. The fraction of sp³-hybridized carbons (Fsp3) is 0.455. The zero-order valence-electron chi connectivity index (χ0n) is 8.47. The first kappa shape index (κ1) is 12.4. The van der Waals surface area contributed by atoms with Gasteiger partial charge in [-0.1, -0.05) is 6.07 Å². The number of ether oxygens (including phenoxy) is 1. The molecular weight excluding hydrogens is 222 g/mol. The van der Waals surface area contributed by atoms with Crippen molar-refractivity contribution in [1.29, 1.82) is 0 Å². The Labute approximate surface area is 93.0 Å². The van der Waals surface area contributed by atoms with Crippen molar-refractivity contribution in [2.75, 3.05) is 13.7 Å². The average Bonchev–Trinajstić information content (AvgIpc) is 2.20. The Morgan fingerprint density at radius 2 is 2.07 bits per heavy atom. The van der Waals surface area contributed by atoms with E-state index in [2.05, 4.69) is 0 Å². The number of hydrogen-bond acceptors (Lipinski definition) is 1. The van der Waals surface area contributed by atoms with Gasteiger partial charge in [0.2, 0.25) is 0 Å². The molecule has 0 spiro atoms. The molecule has 1 unspecified atom stereocenters. The number of alkyl halides is 1. The fourth-order valence-corrected chi connectivity index (χ4v) is 1.54. The van der Waals surface area contributed by atoms with E-state index in [0.717, 1.165) is 6.07 Å². The second-order valence-corrected chi connectivity index (χ2v) is 3.95. The van der Waals surface area contributed by atoms with Gasteiger partial charge < -0.3 is 4.74 Å². The molecule has 0 saturated heterocycles. The van der Waals surface area contributed by atoms with Gasteiger partial charge in [-0.2, -0.15) is 0 Å². The van der Waals surface area contributed by atoms with Crippen LogP contribution in [0, 0.1) is 11.6 Å². The van der Waals surface area contributed by atoms with E-state index < -0.39 is 11.6 Å². The second-order valence-electron chi connectivity index (χ2n) is 3.33. The summed E-state index contributed by atoms with van der Waals surface area (Å²) in [6.07, 6.45) is 1.21. The van der Waals surface area contributed by atoms with Gasteiger partial charge in [0.05, 0.1) is 0 Å². The molecule has 0 fully saturated rings. The summed E-state index contributed by atoms with van der Waals surface area (Å²) in [6, 6.07) is 3.84. The first-order valence-corrected chi connectivity index (χ1v) is 5.14. The van der Waals surface area contributed by atoms with E-state index in [1.54, 1.807) is 13.2 Å². The van der Waals surface area contributed by atoms with Crippen molar-refractivity contribution in [3.63, 3.8) is 0 Å². The zero-order valence-corrected chi connectivity index (χ0v) is 9.23. The molecule has 0 aromatic heterocycles. The molecule has 0 amide bonds. The highest BCUT2D eigenvalue weighted by molar-refractivity contribution is 6.20. The summed E-state index contributed by atoms with van der Waals surface area (Å²) in [5.41, 5.74) is 0.699. The third-order valence-electron chi connectivity index (χ3n) is 2.08. The van der Waals surface area contributed by atoms with Crippen LogP contribution in [-0.2, 0) is 11.2 Å². The number of hydrogen-bond donors (Lipinski definition) is 0. The predicted molar refractivity (Wildman–Crippen MR) is 56.2 cm³/mol. The molecular formula is C11H13ClF2O. The van der Waals surface area contributed by atoms with Crippen LogP contribution in [-0.4, -0.2) is 19.1 Å². The van der Waals surface area contributed by atoms with E-state index in [4.69, 9.17) is 16.3 Å². The molecule has 1 atom stereocenters. The molecule has 0 radical (unpaired) electrons. The fourth-order valence-electron chi connectivity index (χ4n) is 1.27. The molecule has 0 saturated carbocycles. The maximum atomic E-state index is 12.8. The third kappa shape index (κ3) is 4.14. The molecule has 0 heterocycles. The summed E-state index contributed by atoms with van der Waals surface area (Å²) in [5, 5.41) is -0.116. The van der Waals surface area contributed by atoms with E-state index in [1.807, 2.05) is 0 Å². The van der Waals surface area contributed by atoms with Crippen LogP contribution in [0.3, 0.4) is 0 Å². The molecule has 4 heteroatoms.